The van der Waals surface area contributed by atoms with Crippen LogP contribution >= 0.6 is 0 Å². The van der Waals surface area contributed by atoms with Crippen molar-refractivity contribution in [2.75, 3.05) is 5.73 Å². The van der Waals surface area contributed by atoms with Crippen molar-refractivity contribution in [3.63, 3.8) is 0 Å². The molecule has 3 heteroatoms. The van der Waals surface area contributed by atoms with Crippen LogP contribution in [0, 0.1) is 6.92 Å². The molecule has 3 nitrogen and oxygen atoms in total. The lowest BCUT2D eigenvalue weighted by Crippen LogP contribution is -2.13. The van der Waals surface area contributed by atoms with E-state index in [4.69, 9.17) is 5.73 Å². The number of rotatable bonds is 8. The van der Waals surface area contributed by atoms with E-state index in [-0.39, 0.29) is 5.43 Å². The molecule has 1 heterocycles. The van der Waals surface area contributed by atoms with Crippen LogP contribution in [0.5, 0.6) is 0 Å². The lowest BCUT2D eigenvalue weighted by Gasteiger charge is -2.08. The van der Waals surface area contributed by atoms with Gasteiger partial charge in [-0.25, -0.2) is 0 Å². The number of nitrogens with one attached hydrogen (secondary N) is 1. The second kappa shape index (κ2) is 10.1. The first-order chi connectivity index (χ1) is 13.3. The van der Waals surface area contributed by atoms with Crippen molar-refractivity contribution in [2.24, 2.45) is 0 Å². The van der Waals surface area contributed by atoms with E-state index < -0.39 is 0 Å². The van der Waals surface area contributed by atoms with Gasteiger partial charge in [0.25, 0.3) is 0 Å². The van der Waals surface area contributed by atoms with E-state index in [2.05, 4.69) is 50.9 Å². The Labute approximate surface area is 169 Å². The molecule has 0 saturated carbocycles. The highest BCUT2D eigenvalue weighted by atomic mass is 16.1. The minimum absolute atomic E-state index is 0.0811. The molecule has 150 valence electrons. The molecule has 2 aromatic rings. The second-order valence-electron chi connectivity index (χ2n) is 8.03. The highest BCUT2D eigenvalue weighted by Crippen LogP contribution is 2.16. The summed E-state index contributed by atoms with van der Waals surface area (Å²) in [5.41, 5.74) is 13.3. The molecule has 0 aliphatic carbocycles. The molecule has 0 fully saturated rings. The summed E-state index contributed by atoms with van der Waals surface area (Å²) in [5.74, 6) is 0. The molecule has 1 aromatic carbocycles. The Morgan fingerprint density at radius 1 is 1.00 bits per heavy atom. The molecule has 2 rings (SSSR count). The summed E-state index contributed by atoms with van der Waals surface area (Å²) in [4.78, 5) is 16.2. The fourth-order valence-electron chi connectivity index (χ4n) is 3.33. The van der Waals surface area contributed by atoms with Gasteiger partial charge >= 0.3 is 0 Å². The second-order valence-corrected chi connectivity index (χ2v) is 8.03. The molecule has 3 N–H and O–H groups in total. The summed E-state index contributed by atoms with van der Waals surface area (Å²) in [7, 11) is 0. The Morgan fingerprint density at radius 3 is 2.32 bits per heavy atom. The Morgan fingerprint density at radius 2 is 1.64 bits per heavy atom. The highest BCUT2D eigenvalue weighted by molar-refractivity contribution is 5.82. The minimum atomic E-state index is 0.0811. The van der Waals surface area contributed by atoms with Gasteiger partial charge in [0.15, 0.2) is 5.43 Å². The summed E-state index contributed by atoms with van der Waals surface area (Å²) < 4.78 is 0. The van der Waals surface area contributed by atoms with Crippen molar-refractivity contribution in [2.45, 2.75) is 66.7 Å². The molecule has 0 spiro atoms. The number of aromatic nitrogens is 1. The van der Waals surface area contributed by atoms with Crippen LogP contribution in [0.25, 0.3) is 10.9 Å². The van der Waals surface area contributed by atoms with Gasteiger partial charge in [-0.3, -0.25) is 4.79 Å². The number of pyridine rings is 1. The number of allylic oxidation sites excluding steroid dienone is 6. The van der Waals surface area contributed by atoms with Crippen molar-refractivity contribution >= 4 is 16.6 Å². The van der Waals surface area contributed by atoms with Crippen LogP contribution in [0.2, 0.25) is 0 Å². The Kier molecular flexibility index (Phi) is 7.86. The van der Waals surface area contributed by atoms with Crippen molar-refractivity contribution in [3.8, 4) is 0 Å². The number of aryl methyl sites for hydroxylation is 1. The predicted octanol–water partition coefficient (Wildman–Crippen LogP) is 6.38. The quantitative estimate of drug-likeness (QED) is 0.413. The number of fused-ring (bicyclic) bond motifs is 1. The number of benzene rings is 1. The first kappa shape index (κ1) is 21.7. The number of aromatic amines is 1. The lowest BCUT2D eigenvalue weighted by molar-refractivity contribution is 0.913. The van der Waals surface area contributed by atoms with Gasteiger partial charge in [0.05, 0.1) is 0 Å². The lowest BCUT2D eigenvalue weighted by atomic mass is 10.0. The molecule has 0 radical (unpaired) electrons. The monoisotopic (exact) mass is 378 g/mol. The molecular weight excluding hydrogens is 344 g/mol. The fourth-order valence-corrected chi connectivity index (χ4v) is 3.33. The van der Waals surface area contributed by atoms with Crippen LogP contribution in [0.3, 0.4) is 0 Å². The van der Waals surface area contributed by atoms with Gasteiger partial charge in [-0.2, -0.15) is 0 Å². The largest absolute Gasteiger partial charge is 0.399 e. The standard InChI is InChI=1S/C25H34N2O/c1-17(2)8-6-9-18(3)10-7-11-19(4)12-14-22-20(5)27-24-15-13-21(26)16-23(24)25(22)28/h8,10,12-13,15-16H,6-7,9,11,14,26H2,1-5H3,(H,27,28)/b18-10+,19-12+. The van der Waals surface area contributed by atoms with Crippen LogP contribution in [0.15, 0.2) is 57.9 Å². The zero-order valence-corrected chi connectivity index (χ0v) is 18.0. The molecular formula is C25H34N2O. The number of nitrogens with two attached hydrogens (primary N) is 1. The maximum Gasteiger partial charge on any atom is 0.193 e. The molecule has 0 bridgehead atoms. The Balaban J connectivity index is 2.01. The van der Waals surface area contributed by atoms with Gasteiger partial charge in [-0.05, 0) is 84.9 Å². The molecule has 0 aliphatic heterocycles. The molecule has 0 atom stereocenters. The van der Waals surface area contributed by atoms with Crippen LogP contribution in [-0.2, 0) is 6.42 Å². The smallest absolute Gasteiger partial charge is 0.193 e. The van der Waals surface area contributed by atoms with E-state index in [0.717, 1.165) is 42.5 Å². The maximum absolute atomic E-state index is 12.8. The predicted molar refractivity (Wildman–Crippen MR) is 123 cm³/mol. The van der Waals surface area contributed by atoms with Gasteiger partial charge in [0.2, 0.25) is 0 Å². The summed E-state index contributed by atoms with van der Waals surface area (Å²) in [6.45, 7) is 10.6. The van der Waals surface area contributed by atoms with Crippen molar-refractivity contribution in [1.29, 1.82) is 0 Å². The van der Waals surface area contributed by atoms with Crippen molar-refractivity contribution in [1.82, 2.24) is 4.98 Å². The van der Waals surface area contributed by atoms with Gasteiger partial charge in [0, 0.05) is 27.8 Å². The molecule has 0 aliphatic rings. The van der Waals surface area contributed by atoms with Crippen molar-refractivity contribution < 1.29 is 0 Å². The molecule has 0 saturated heterocycles. The number of hydrogen-bond acceptors (Lipinski definition) is 2. The number of H-pyrrole nitrogens is 1. The summed E-state index contributed by atoms with van der Waals surface area (Å²) in [5, 5.41) is 0.668. The number of anilines is 1. The maximum atomic E-state index is 12.8. The number of hydrogen-bond donors (Lipinski definition) is 2. The van der Waals surface area contributed by atoms with Gasteiger partial charge in [-0.1, -0.05) is 34.9 Å². The highest BCUT2D eigenvalue weighted by Gasteiger charge is 2.08. The average molecular weight is 379 g/mol. The van der Waals surface area contributed by atoms with E-state index in [0.29, 0.717) is 17.5 Å². The Bertz CT molecular complexity index is 970. The first-order valence-electron chi connectivity index (χ1n) is 10.1. The van der Waals surface area contributed by atoms with Crippen LogP contribution in [-0.4, -0.2) is 4.98 Å². The first-order valence-corrected chi connectivity index (χ1v) is 10.1. The molecule has 28 heavy (non-hydrogen) atoms. The van der Waals surface area contributed by atoms with E-state index in [1.54, 1.807) is 6.07 Å². The molecule has 0 amide bonds. The van der Waals surface area contributed by atoms with Crippen LogP contribution in [0.4, 0.5) is 5.69 Å². The van der Waals surface area contributed by atoms with E-state index >= 15 is 0 Å². The van der Waals surface area contributed by atoms with E-state index in [1.165, 1.54) is 16.7 Å². The summed E-state index contributed by atoms with van der Waals surface area (Å²) in [6, 6.07) is 5.45. The minimum Gasteiger partial charge on any atom is -0.399 e. The zero-order chi connectivity index (χ0) is 20.7. The van der Waals surface area contributed by atoms with Gasteiger partial charge in [0.1, 0.15) is 0 Å². The third kappa shape index (κ3) is 6.26. The Hall–Kier alpha value is -2.55. The normalized spacial score (nSPS) is 12.5. The van der Waals surface area contributed by atoms with Crippen molar-refractivity contribution in [3.05, 3.63) is 74.6 Å². The fraction of sp³-hybridized carbons (Fsp3) is 0.400. The molecule has 1 aromatic heterocycles. The van der Waals surface area contributed by atoms with E-state index in [1.807, 2.05) is 19.1 Å². The molecule has 0 unspecified atom stereocenters. The SMILES string of the molecule is CC(C)=CCC/C(C)=C/CC/C(C)=C/Cc1c(C)[nH]c2ccc(N)cc2c1=O. The van der Waals surface area contributed by atoms with Crippen LogP contribution in [0.1, 0.15) is 64.6 Å². The van der Waals surface area contributed by atoms with Crippen LogP contribution < -0.4 is 11.2 Å². The summed E-state index contributed by atoms with van der Waals surface area (Å²) in [6.07, 6.45) is 11.8. The summed E-state index contributed by atoms with van der Waals surface area (Å²) >= 11 is 0. The average Bonchev–Trinajstić information content (AvgIpc) is 2.62. The topological polar surface area (TPSA) is 58.9 Å². The third-order valence-electron chi connectivity index (χ3n) is 5.11. The van der Waals surface area contributed by atoms with Gasteiger partial charge < -0.3 is 10.7 Å². The van der Waals surface area contributed by atoms with E-state index in [9.17, 15) is 4.79 Å². The zero-order valence-electron chi connectivity index (χ0n) is 18.0. The third-order valence-corrected chi connectivity index (χ3v) is 5.11. The van der Waals surface area contributed by atoms with Gasteiger partial charge in [-0.15, -0.1) is 0 Å². The number of nitrogen functional groups attached to an aromatic ring is 1.